The Morgan fingerprint density at radius 3 is 2.63 bits per heavy atom. The Kier molecular flexibility index (Phi) is 3.91. The van der Waals surface area contributed by atoms with Crippen molar-refractivity contribution >= 4 is 5.69 Å². The van der Waals surface area contributed by atoms with Crippen LogP contribution in [0, 0.1) is 10.1 Å². The van der Waals surface area contributed by atoms with Gasteiger partial charge in [0, 0.05) is 35.8 Å². The molecule has 0 fully saturated rings. The minimum absolute atomic E-state index is 0.0603. The van der Waals surface area contributed by atoms with Gasteiger partial charge in [-0.1, -0.05) is 19.0 Å². The van der Waals surface area contributed by atoms with E-state index < -0.39 is 4.92 Å². The van der Waals surface area contributed by atoms with E-state index in [1.807, 2.05) is 0 Å². The van der Waals surface area contributed by atoms with Crippen molar-refractivity contribution in [2.75, 3.05) is 0 Å². The van der Waals surface area contributed by atoms with Crippen LogP contribution in [0.4, 0.5) is 5.69 Å². The molecule has 1 heterocycles. The molecule has 0 amide bonds. The lowest BCUT2D eigenvalue weighted by Gasteiger charge is -2.07. The van der Waals surface area contributed by atoms with E-state index in [4.69, 9.17) is 4.52 Å². The van der Waals surface area contributed by atoms with Crippen LogP contribution in [0.5, 0.6) is 0 Å². The largest absolute Gasteiger partial charge is 0.356 e. The fraction of sp³-hybridized carbons (Fsp3) is 0.308. The first-order valence-corrected chi connectivity index (χ1v) is 5.99. The van der Waals surface area contributed by atoms with E-state index >= 15 is 0 Å². The SMILES string of the molecule is CC(C)NCc1cnoc1-c1ccc([N+](=O)[O-])cc1. The molecular formula is C13H15N3O3. The zero-order chi connectivity index (χ0) is 13.8. The summed E-state index contributed by atoms with van der Waals surface area (Å²) < 4.78 is 5.22. The van der Waals surface area contributed by atoms with Crippen LogP contribution in [0.2, 0.25) is 0 Å². The molecule has 100 valence electrons. The van der Waals surface area contributed by atoms with E-state index in [2.05, 4.69) is 24.3 Å². The minimum atomic E-state index is -0.425. The third-order valence-electron chi connectivity index (χ3n) is 2.69. The lowest BCUT2D eigenvalue weighted by molar-refractivity contribution is -0.384. The van der Waals surface area contributed by atoms with E-state index in [1.165, 1.54) is 12.1 Å². The maximum atomic E-state index is 10.6. The van der Waals surface area contributed by atoms with E-state index in [0.717, 1.165) is 11.1 Å². The Morgan fingerprint density at radius 1 is 1.37 bits per heavy atom. The summed E-state index contributed by atoms with van der Waals surface area (Å²) in [6.45, 7) is 4.76. The highest BCUT2D eigenvalue weighted by atomic mass is 16.6. The number of nitrogens with one attached hydrogen (secondary N) is 1. The quantitative estimate of drug-likeness (QED) is 0.661. The molecule has 0 atom stereocenters. The summed E-state index contributed by atoms with van der Waals surface area (Å²) in [5.74, 6) is 0.642. The Hall–Kier alpha value is -2.21. The third kappa shape index (κ3) is 3.17. The lowest BCUT2D eigenvalue weighted by atomic mass is 10.1. The summed E-state index contributed by atoms with van der Waals surface area (Å²) >= 11 is 0. The molecule has 0 spiro atoms. The van der Waals surface area contributed by atoms with Crippen LogP contribution in [-0.4, -0.2) is 16.1 Å². The standard InChI is InChI=1S/C13H15N3O3/c1-9(2)14-7-11-8-15-19-13(11)10-3-5-12(6-4-10)16(17)18/h3-6,8-9,14H,7H2,1-2H3. The molecule has 0 saturated carbocycles. The molecule has 0 aliphatic rings. The molecule has 2 aromatic rings. The predicted octanol–water partition coefficient (Wildman–Crippen LogP) is 2.75. The number of hydrogen-bond acceptors (Lipinski definition) is 5. The molecule has 6 nitrogen and oxygen atoms in total. The van der Waals surface area contributed by atoms with Crippen LogP contribution in [0.25, 0.3) is 11.3 Å². The van der Waals surface area contributed by atoms with Gasteiger partial charge in [-0.25, -0.2) is 0 Å². The highest BCUT2D eigenvalue weighted by Crippen LogP contribution is 2.25. The molecule has 0 unspecified atom stereocenters. The van der Waals surface area contributed by atoms with Gasteiger partial charge in [0.15, 0.2) is 5.76 Å². The first kappa shape index (κ1) is 13.2. The summed E-state index contributed by atoms with van der Waals surface area (Å²) in [5.41, 5.74) is 1.77. The van der Waals surface area contributed by atoms with Crippen molar-refractivity contribution in [2.24, 2.45) is 0 Å². The Labute approximate surface area is 110 Å². The number of hydrogen-bond donors (Lipinski definition) is 1. The Bertz CT molecular complexity index is 561. The number of benzene rings is 1. The molecule has 6 heteroatoms. The molecule has 2 rings (SSSR count). The second-order valence-electron chi connectivity index (χ2n) is 4.52. The second kappa shape index (κ2) is 5.62. The van der Waals surface area contributed by atoms with E-state index in [1.54, 1.807) is 18.3 Å². The zero-order valence-electron chi connectivity index (χ0n) is 10.8. The van der Waals surface area contributed by atoms with Gasteiger partial charge < -0.3 is 9.84 Å². The van der Waals surface area contributed by atoms with Gasteiger partial charge in [-0.3, -0.25) is 10.1 Å². The van der Waals surface area contributed by atoms with Crippen LogP contribution in [0.1, 0.15) is 19.4 Å². The number of non-ortho nitro benzene ring substituents is 1. The van der Waals surface area contributed by atoms with Crippen molar-refractivity contribution in [3.05, 3.63) is 46.1 Å². The van der Waals surface area contributed by atoms with E-state index in [-0.39, 0.29) is 5.69 Å². The average molecular weight is 261 g/mol. The summed E-state index contributed by atoms with van der Waals surface area (Å²) in [4.78, 5) is 10.2. The fourth-order valence-electron chi connectivity index (χ4n) is 1.67. The number of rotatable bonds is 5. The van der Waals surface area contributed by atoms with Crippen molar-refractivity contribution in [3.8, 4) is 11.3 Å². The van der Waals surface area contributed by atoms with Crippen LogP contribution in [0.3, 0.4) is 0 Å². The molecule has 1 aromatic carbocycles. The summed E-state index contributed by atoms with van der Waals surface area (Å²) in [5, 5.41) is 17.7. The number of aromatic nitrogens is 1. The molecule has 1 N–H and O–H groups in total. The van der Waals surface area contributed by atoms with Crippen molar-refractivity contribution in [3.63, 3.8) is 0 Å². The highest BCUT2D eigenvalue weighted by Gasteiger charge is 2.12. The van der Waals surface area contributed by atoms with Crippen molar-refractivity contribution in [2.45, 2.75) is 26.4 Å². The zero-order valence-corrected chi connectivity index (χ0v) is 10.8. The summed E-state index contributed by atoms with van der Waals surface area (Å²) in [7, 11) is 0. The monoisotopic (exact) mass is 261 g/mol. The Morgan fingerprint density at radius 2 is 2.05 bits per heavy atom. The molecule has 0 aliphatic carbocycles. The van der Waals surface area contributed by atoms with Gasteiger partial charge in [0.2, 0.25) is 0 Å². The van der Waals surface area contributed by atoms with Crippen LogP contribution >= 0.6 is 0 Å². The van der Waals surface area contributed by atoms with Gasteiger partial charge in [0.25, 0.3) is 5.69 Å². The van der Waals surface area contributed by atoms with Gasteiger partial charge in [-0.15, -0.1) is 0 Å². The first-order chi connectivity index (χ1) is 9.08. The van der Waals surface area contributed by atoms with Gasteiger partial charge in [-0.05, 0) is 12.1 Å². The summed E-state index contributed by atoms with van der Waals surface area (Å²) in [6.07, 6.45) is 1.66. The van der Waals surface area contributed by atoms with Crippen LogP contribution < -0.4 is 5.32 Å². The third-order valence-corrected chi connectivity index (χ3v) is 2.69. The van der Waals surface area contributed by atoms with Crippen molar-refractivity contribution < 1.29 is 9.45 Å². The number of nitro benzene ring substituents is 1. The average Bonchev–Trinajstić information content (AvgIpc) is 2.84. The van der Waals surface area contributed by atoms with E-state index in [0.29, 0.717) is 18.3 Å². The molecular weight excluding hydrogens is 246 g/mol. The van der Waals surface area contributed by atoms with Gasteiger partial charge in [0.1, 0.15) is 0 Å². The predicted molar refractivity (Wildman–Crippen MR) is 70.6 cm³/mol. The molecule has 0 saturated heterocycles. The van der Waals surface area contributed by atoms with Crippen molar-refractivity contribution in [1.29, 1.82) is 0 Å². The molecule has 19 heavy (non-hydrogen) atoms. The topological polar surface area (TPSA) is 81.2 Å². The lowest BCUT2D eigenvalue weighted by Crippen LogP contribution is -2.21. The number of nitrogens with zero attached hydrogens (tertiary/aromatic N) is 2. The Balaban J connectivity index is 2.22. The molecule has 0 bridgehead atoms. The fourth-order valence-corrected chi connectivity index (χ4v) is 1.67. The molecule has 0 aliphatic heterocycles. The smallest absolute Gasteiger partial charge is 0.269 e. The molecule has 0 radical (unpaired) electrons. The molecule has 1 aromatic heterocycles. The highest BCUT2D eigenvalue weighted by molar-refractivity contribution is 5.62. The van der Waals surface area contributed by atoms with Gasteiger partial charge in [-0.2, -0.15) is 0 Å². The maximum Gasteiger partial charge on any atom is 0.269 e. The van der Waals surface area contributed by atoms with Gasteiger partial charge in [0.05, 0.1) is 11.1 Å². The number of nitro groups is 1. The van der Waals surface area contributed by atoms with Crippen LogP contribution in [0.15, 0.2) is 35.0 Å². The second-order valence-corrected chi connectivity index (χ2v) is 4.52. The normalized spacial score (nSPS) is 10.9. The first-order valence-electron chi connectivity index (χ1n) is 5.99. The summed E-state index contributed by atoms with van der Waals surface area (Å²) in [6, 6.07) is 6.60. The van der Waals surface area contributed by atoms with Gasteiger partial charge >= 0.3 is 0 Å². The minimum Gasteiger partial charge on any atom is -0.356 e. The van der Waals surface area contributed by atoms with Crippen molar-refractivity contribution in [1.82, 2.24) is 10.5 Å². The van der Waals surface area contributed by atoms with Crippen LogP contribution in [-0.2, 0) is 6.54 Å². The maximum absolute atomic E-state index is 10.6. The van der Waals surface area contributed by atoms with E-state index in [9.17, 15) is 10.1 Å².